The van der Waals surface area contributed by atoms with Crippen LogP contribution in [0.5, 0.6) is 23.0 Å². The Morgan fingerprint density at radius 3 is 0.822 bits per heavy atom. The second-order valence-corrected chi connectivity index (χ2v) is 14.1. The fourth-order valence-corrected chi connectivity index (χ4v) is 9.74. The Hall–Kier alpha value is -5.68. The van der Waals surface area contributed by atoms with Crippen molar-refractivity contribution in [2.24, 2.45) is 0 Å². The molecule has 8 rings (SSSR count). The zero-order valence-corrected chi connectivity index (χ0v) is 25.7. The molecule has 0 aliphatic heterocycles. The zero-order valence-electron chi connectivity index (χ0n) is 23.3. The van der Waals surface area contributed by atoms with Crippen LogP contribution in [-0.2, 0) is 22.0 Å². The number of hydrogen-bond acceptors (Lipinski definition) is 12. The molecular weight excluding hydrogens is 652 g/mol. The van der Waals surface area contributed by atoms with Gasteiger partial charge in [0.15, 0.2) is 0 Å². The van der Waals surface area contributed by atoms with Crippen LogP contribution < -0.4 is 11.3 Å². The van der Waals surface area contributed by atoms with E-state index in [0.717, 1.165) is 0 Å². The van der Waals surface area contributed by atoms with Gasteiger partial charge in [-0.2, -0.15) is 0 Å². The molecule has 0 fully saturated rings. The van der Waals surface area contributed by atoms with E-state index in [1.165, 1.54) is 0 Å². The molecule has 0 radical (unpaired) electrons. The molecule has 0 saturated heterocycles. The molecule has 216 valence electrons. The van der Waals surface area contributed by atoms with Crippen LogP contribution in [0.25, 0.3) is 44.1 Å². The number of benzene rings is 4. The summed E-state index contributed by atoms with van der Waals surface area (Å²) in [4.78, 5) is 36.0. The molecule has 0 saturated carbocycles. The molecule has 0 bridgehead atoms. The maximum atomic E-state index is 6.87. The molecule has 0 aliphatic rings. The Bertz CT molecular complexity index is 1990. The van der Waals surface area contributed by atoms with E-state index in [-0.39, 0.29) is 0 Å². The van der Waals surface area contributed by atoms with Crippen LogP contribution >= 0.6 is 0 Å². The van der Waals surface area contributed by atoms with Gasteiger partial charge in [-0.05, 0) is 0 Å². The first-order valence-electron chi connectivity index (χ1n) is 13.8. The number of aromatic nitrogens is 8. The molecule has 8 aromatic rings. The standard InChI is InChI=1S/4C8H6N2O.Zr/c4*11-7-3-1-2-6-8(7)10-5-4-9-6;/h4*1-5,11H;/q;;;;+4/p-4. The third kappa shape index (κ3) is 5.23. The van der Waals surface area contributed by atoms with Crippen molar-refractivity contribution in [3.05, 3.63) is 122 Å². The quantitative estimate of drug-likeness (QED) is 0.190. The summed E-state index contributed by atoms with van der Waals surface area (Å²) in [5.41, 5.74) is 4.51. The molecule has 4 heterocycles. The Labute approximate surface area is 261 Å². The third-order valence-corrected chi connectivity index (χ3v) is 11.4. The van der Waals surface area contributed by atoms with Crippen molar-refractivity contribution in [3.8, 4) is 23.0 Å². The molecular formula is C32H20N8O4Zr. The Kier molecular flexibility index (Phi) is 6.84. The van der Waals surface area contributed by atoms with Gasteiger partial charge in [-0.15, -0.1) is 0 Å². The van der Waals surface area contributed by atoms with Gasteiger partial charge in [0.2, 0.25) is 0 Å². The SMILES string of the molecule is c1cc([O][Zr]([O]c2cccc3nccnc23)([O]c2cccc3nccnc23)[O]c2cccc3nccnc23)c2nccnc2c1. The van der Waals surface area contributed by atoms with Gasteiger partial charge in [-0.1, -0.05) is 0 Å². The van der Waals surface area contributed by atoms with Gasteiger partial charge in [-0.3, -0.25) is 0 Å². The number of rotatable bonds is 8. The van der Waals surface area contributed by atoms with Crippen molar-refractivity contribution in [1.29, 1.82) is 0 Å². The predicted molar refractivity (Wildman–Crippen MR) is 161 cm³/mol. The molecule has 0 spiro atoms. The fourth-order valence-electron chi connectivity index (χ4n) is 4.86. The Morgan fingerprint density at radius 2 is 0.556 bits per heavy atom. The van der Waals surface area contributed by atoms with E-state index in [0.29, 0.717) is 67.1 Å². The molecule has 12 nitrogen and oxygen atoms in total. The minimum absolute atomic E-state index is 0.361. The molecule has 4 aromatic carbocycles. The monoisotopic (exact) mass is 670 g/mol. The van der Waals surface area contributed by atoms with Gasteiger partial charge in [0.25, 0.3) is 0 Å². The summed E-state index contributed by atoms with van der Waals surface area (Å²) in [7, 11) is 0. The van der Waals surface area contributed by atoms with Crippen molar-refractivity contribution >= 4 is 44.1 Å². The third-order valence-electron chi connectivity index (χ3n) is 6.79. The van der Waals surface area contributed by atoms with E-state index in [1.54, 1.807) is 73.8 Å². The van der Waals surface area contributed by atoms with Crippen LogP contribution in [0.2, 0.25) is 0 Å². The van der Waals surface area contributed by atoms with Crippen molar-refractivity contribution in [2.45, 2.75) is 0 Å². The molecule has 13 heteroatoms. The van der Waals surface area contributed by atoms with E-state index in [9.17, 15) is 0 Å². The van der Waals surface area contributed by atoms with Crippen LogP contribution in [-0.4, -0.2) is 39.9 Å². The van der Waals surface area contributed by atoms with Gasteiger partial charge in [0.1, 0.15) is 0 Å². The van der Waals surface area contributed by atoms with Crippen LogP contribution in [0.15, 0.2) is 122 Å². The molecule has 0 unspecified atom stereocenters. The number of fused-ring (bicyclic) bond motifs is 4. The second-order valence-electron chi connectivity index (χ2n) is 9.63. The summed E-state index contributed by atoms with van der Waals surface area (Å²) < 4.78 is 27.5. The van der Waals surface area contributed by atoms with Gasteiger partial charge in [-0.25, -0.2) is 0 Å². The van der Waals surface area contributed by atoms with E-state index >= 15 is 0 Å². The number of nitrogens with zero attached hydrogens (tertiary/aromatic N) is 8. The first kappa shape index (κ1) is 26.9. The molecule has 0 amide bonds. The van der Waals surface area contributed by atoms with Crippen molar-refractivity contribution in [1.82, 2.24) is 39.9 Å². The van der Waals surface area contributed by atoms with Crippen molar-refractivity contribution in [2.75, 3.05) is 0 Å². The Morgan fingerprint density at radius 1 is 0.311 bits per heavy atom. The van der Waals surface area contributed by atoms with Crippen molar-refractivity contribution in [3.63, 3.8) is 0 Å². The van der Waals surface area contributed by atoms with Gasteiger partial charge < -0.3 is 0 Å². The summed E-state index contributed by atoms with van der Waals surface area (Å²) in [6, 6.07) is 21.7. The van der Waals surface area contributed by atoms with E-state index in [2.05, 4.69) is 39.9 Å². The molecule has 45 heavy (non-hydrogen) atoms. The summed E-state index contributed by atoms with van der Waals surface area (Å²) >= 11 is -5.59. The van der Waals surface area contributed by atoms with E-state index in [4.69, 9.17) is 11.3 Å². The van der Waals surface area contributed by atoms with E-state index in [1.807, 2.05) is 48.5 Å². The fraction of sp³-hybridized carbons (Fsp3) is 0. The molecule has 4 aromatic heterocycles. The number of para-hydroxylation sites is 4. The summed E-state index contributed by atoms with van der Waals surface area (Å²) in [5, 5.41) is 0. The average molecular weight is 672 g/mol. The van der Waals surface area contributed by atoms with Crippen LogP contribution in [0.3, 0.4) is 0 Å². The topological polar surface area (TPSA) is 140 Å². The minimum atomic E-state index is -5.59. The Balaban J connectivity index is 1.38. The van der Waals surface area contributed by atoms with Crippen LogP contribution in [0.1, 0.15) is 0 Å². The normalized spacial score (nSPS) is 11.6. The molecule has 0 N–H and O–H groups in total. The first-order valence-corrected chi connectivity index (χ1v) is 17.8. The predicted octanol–water partition coefficient (Wildman–Crippen LogP) is 5.89. The summed E-state index contributed by atoms with van der Waals surface area (Å²) in [6.45, 7) is 0. The van der Waals surface area contributed by atoms with Gasteiger partial charge in [0.05, 0.1) is 0 Å². The number of hydrogen-bond donors (Lipinski definition) is 0. The zero-order chi connectivity index (χ0) is 30.1. The average Bonchev–Trinajstić information content (AvgIpc) is 3.09. The maximum absolute atomic E-state index is 6.87. The molecule has 0 aliphatic carbocycles. The van der Waals surface area contributed by atoms with Crippen LogP contribution in [0.4, 0.5) is 0 Å². The van der Waals surface area contributed by atoms with Crippen LogP contribution in [0, 0.1) is 0 Å². The molecule has 0 atom stereocenters. The summed E-state index contributed by atoms with van der Waals surface area (Å²) in [6.07, 6.45) is 12.8. The second kappa shape index (κ2) is 11.4. The summed E-state index contributed by atoms with van der Waals surface area (Å²) in [5.74, 6) is 1.45. The van der Waals surface area contributed by atoms with E-state index < -0.39 is 22.0 Å². The van der Waals surface area contributed by atoms with Gasteiger partial charge >= 0.3 is 263 Å². The first-order chi connectivity index (χ1) is 22.2. The van der Waals surface area contributed by atoms with Gasteiger partial charge in [0, 0.05) is 0 Å². The van der Waals surface area contributed by atoms with Crippen molar-refractivity contribution < 1.29 is 33.3 Å².